The molecule has 1 aliphatic carbocycles. The minimum atomic E-state index is -0.556. The molecule has 0 N–H and O–H groups in total. The summed E-state index contributed by atoms with van der Waals surface area (Å²) in [4.78, 5) is 0. The van der Waals surface area contributed by atoms with Gasteiger partial charge in [0.15, 0.2) is 0 Å². The van der Waals surface area contributed by atoms with Crippen LogP contribution in [0.15, 0.2) is 78.9 Å². The molecule has 0 nitrogen and oxygen atoms in total. The van der Waals surface area contributed by atoms with Gasteiger partial charge in [-0.1, -0.05) is 102 Å². The summed E-state index contributed by atoms with van der Waals surface area (Å²) in [6.45, 7) is 4.61. The van der Waals surface area contributed by atoms with E-state index in [4.69, 9.17) is 18.6 Å². The Labute approximate surface area is 249 Å². The predicted molar refractivity (Wildman–Crippen MR) is 169 cm³/mol. The van der Waals surface area contributed by atoms with E-state index in [2.05, 4.69) is 92.7 Å². The zero-order valence-corrected chi connectivity index (χ0v) is 27.0. The van der Waals surface area contributed by atoms with Crippen LogP contribution in [-0.2, 0) is 23.5 Å². The first kappa shape index (κ1) is 31.5. The molecule has 5 rings (SSSR count). The molecule has 4 aromatic carbocycles. The summed E-state index contributed by atoms with van der Waals surface area (Å²) in [5.74, 6) is 0. The topological polar surface area (TPSA) is 0 Å². The van der Waals surface area contributed by atoms with Gasteiger partial charge in [-0.15, -0.1) is 45.9 Å². The van der Waals surface area contributed by atoms with Crippen LogP contribution in [0.3, 0.4) is 0 Å². The fraction of sp³-hybridized carbons (Fsp3) is 0.382. The van der Waals surface area contributed by atoms with Crippen LogP contribution in [0.5, 0.6) is 0 Å². The van der Waals surface area contributed by atoms with E-state index in [1.54, 1.807) is 5.30 Å². The number of benzene rings is 3. The van der Waals surface area contributed by atoms with Crippen molar-refractivity contribution in [1.29, 1.82) is 0 Å². The molecule has 38 heavy (non-hydrogen) atoms. The third-order valence-electron chi connectivity index (χ3n) is 7.15. The molecule has 0 saturated heterocycles. The van der Waals surface area contributed by atoms with Gasteiger partial charge in [-0.2, -0.15) is 35.9 Å². The van der Waals surface area contributed by atoms with E-state index in [-0.39, 0.29) is 7.92 Å². The Balaban J connectivity index is 0.000000209. The van der Waals surface area contributed by atoms with Crippen molar-refractivity contribution in [2.75, 3.05) is 12.3 Å². The molecular weight excluding hydrogens is 558 g/mol. The maximum absolute atomic E-state index is 4.89. The van der Waals surface area contributed by atoms with Gasteiger partial charge < -0.3 is 0 Å². The molecule has 0 fully saturated rings. The third kappa shape index (κ3) is 9.87. The van der Waals surface area contributed by atoms with Gasteiger partial charge in [0.2, 0.25) is 0 Å². The Kier molecular flexibility index (Phi) is 15.2. The molecule has 0 saturated carbocycles. The van der Waals surface area contributed by atoms with Crippen LogP contribution in [0.25, 0.3) is 21.9 Å². The summed E-state index contributed by atoms with van der Waals surface area (Å²) >= 11 is -0.556. The van der Waals surface area contributed by atoms with Gasteiger partial charge in [-0.3, -0.25) is 0 Å². The molecule has 4 heteroatoms. The Morgan fingerprint density at radius 2 is 1.42 bits per heavy atom. The summed E-state index contributed by atoms with van der Waals surface area (Å²) in [6, 6.07) is 31.9. The normalized spacial score (nSPS) is 11.3. The fourth-order valence-corrected chi connectivity index (χ4v) is 7.74. The molecule has 0 amide bonds. The van der Waals surface area contributed by atoms with Crippen molar-refractivity contribution in [2.24, 2.45) is 0 Å². The summed E-state index contributed by atoms with van der Waals surface area (Å²) in [6.07, 6.45) is 15.1. The number of hydrogen-bond donors (Lipinski definition) is 0. The quantitative estimate of drug-likeness (QED) is 0.0613. The van der Waals surface area contributed by atoms with Crippen molar-refractivity contribution in [2.45, 2.75) is 71.6 Å². The van der Waals surface area contributed by atoms with Crippen molar-refractivity contribution in [3.8, 4) is 11.1 Å². The Morgan fingerprint density at radius 1 is 0.789 bits per heavy atom. The van der Waals surface area contributed by atoms with Crippen LogP contribution < -0.4 is 5.30 Å². The van der Waals surface area contributed by atoms with Crippen molar-refractivity contribution in [1.82, 2.24) is 0 Å². The van der Waals surface area contributed by atoms with Crippen molar-refractivity contribution in [3.63, 3.8) is 0 Å². The molecule has 1 aliphatic rings. The van der Waals surface area contributed by atoms with E-state index >= 15 is 0 Å². The fourth-order valence-electron chi connectivity index (χ4n) is 5.14. The summed E-state index contributed by atoms with van der Waals surface area (Å²) in [7, 11) is 9.84. The van der Waals surface area contributed by atoms with Crippen LogP contribution >= 0.6 is 26.5 Å². The average Bonchev–Trinajstić information content (AvgIpc) is 3.55. The van der Waals surface area contributed by atoms with E-state index in [9.17, 15) is 0 Å². The second kappa shape index (κ2) is 18.4. The summed E-state index contributed by atoms with van der Waals surface area (Å²) in [5, 5.41) is 4.53. The Bertz CT molecular complexity index is 1110. The molecule has 0 radical (unpaired) electrons. The van der Waals surface area contributed by atoms with E-state index in [1.165, 1.54) is 96.7 Å². The molecule has 0 bridgehead atoms. The minimum absolute atomic E-state index is 0.0642. The molecule has 0 aromatic heterocycles. The van der Waals surface area contributed by atoms with E-state index in [1.807, 2.05) is 6.07 Å². The maximum Gasteiger partial charge on any atom is -0.0253 e. The zero-order chi connectivity index (χ0) is 27.0. The molecule has 0 spiro atoms. The van der Waals surface area contributed by atoms with Crippen LogP contribution in [-0.4, -0.2) is 12.3 Å². The zero-order valence-electron chi connectivity index (χ0n) is 23.0. The van der Waals surface area contributed by atoms with Gasteiger partial charge in [0.1, 0.15) is 0 Å². The number of hydrogen-bond acceptors (Lipinski definition) is 0. The van der Waals surface area contributed by atoms with Gasteiger partial charge in [0, 0.05) is 0 Å². The van der Waals surface area contributed by atoms with Gasteiger partial charge in [-0.25, -0.2) is 0 Å². The second-order valence-corrected chi connectivity index (χ2v) is 15.0. The standard InChI is InChI=1S/C21H32P.C13H9.2ClH.Ti/c1-3-5-7-11-15-22(16-12-8-6-4-2)21-17-19-13-9-10-14-20(19)18-21;1-3-7-12-10(5-1)9-11-6-2-4-8-13(11)12;;;/h9-10,13-14,17-18H,3-8,11-12,15-16H2,1-2H3;1-5,7-8H,9H2;2*1H;/q2*-1;;;+2/p-2. The van der Waals surface area contributed by atoms with Crippen LogP contribution in [0, 0.1) is 6.07 Å². The Morgan fingerprint density at radius 3 is 2.11 bits per heavy atom. The Hall–Kier alpha value is -1.01. The average molecular weight is 599 g/mol. The predicted octanol–water partition coefficient (Wildman–Crippen LogP) is 11.3. The molecule has 4 aromatic rings. The monoisotopic (exact) mass is 598 g/mol. The second-order valence-electron chi connectivity index (χ2n) is 9.92. The van der Waals surface area contributed by atoms with Crippen molar-refractivity contribution >= 4 is 42.6 Å². The van der Waals surface area contributed by atoms with Crippen molar-refractivity contribution in [3.05, 3.63) is 96.1 Å². The van der Waals surface area contributed by atoms with Gasteiger partial charge >= 0.3 is 35.6 Å². The van der Waals surface area contributed by atoms with Gasteiger partial charge in [0.05, 0.1) is 0 Å². The maximum atomic E-state index is 4.89. The summed E-state index contributed by atoms with van der Waals surface area (Å²) < 4.78 is 0. The first-order valence-corrected chi connectivity index (χ1v) is 20.2. The number of fused-ring (bicyclic) bond motifs is 4. The van der Waals surface area contributed by atoms with Gasteiger partial charge in [-0.05, 0) is 31.6 Å². The number of rotatable bonds is 11. The third-order valence-corrected chi connectivity index (χ3v) is 9.85. The van der Waals surface area contributed by atoms with E-state index in [0.29, 0.717) is 0 Å². The number of unbranched alkanes of at least 4 members (excludes halogenated alkanes) is 6. The molecule has 0 aliphatic heterocycles. The smallest absolute Gasteiger partial charge is 0.0253 e. The van der Waals surface area contributed by atoms with E-state index < -0.39 is 17.0 Å². The summed E-state index contributed by atoms with van der Waals surface area (Å²) in [5.41, 5.74) is 5.51. The van der Waals surface area contributed by atoms with Crippen LogP contribution in [0.1, 0.15) is 76.3 Å². The van der Waals surface area contributed by atoms with Crippen molar-refractivity contribution < 1.29 is 17.0 Å². The molecule has 0 heterocycles. The molecular formula is C34H41Cl2PTi-2. The largest absolute Gasteiger partial charge is 0.179 e. The number of halogens is 2. The van der Waals surface area contributed by atoms with Crippen LogP contribution in [0.2, 0.25) is 0 Å². The minimum Gasteiger partial charge on any atom is -0.179 e. The SMILES string of the molecule is CCCCCCP(CCCCCC)c1cc2ccccc2[cH-]1.[Cl][Ti][Cl].[c-]1cccc2c1Cc1ccccc1-2. The van der Waals surface area contributed by atoms with Crippen LogP contribution in [0.4, 0.5) is 0 Å². The first-order chi connectivity index (χ1) is 18.7. The molecule has 0 atom stereocenters. The molecule has 0 unspecified atom stereocenters. The first-order valence-electron chi connectivity index (χ1n) is 14.2. The van der Waals surface area contributed by atoms with Gasteiger partial charge in [0.25, 0.3) is 0 Å². The molecule has 202 valence electrons. The van der Waals surface area contributed by atoms with E-state index in [0.717, 1.165) is 6.42 Å².